The summed E-state index contributed by atoms with van der Waals surface area (Å²) in [5.41, 5.74) is 1.38. The number of benzene rings is 2. The van der Waals surface area contributed by atoms with E-state index in [2.05, 4.69) is 10.4 Å². The van der Waals surface area contributed by atoms with Crippen molar-refractivity contribution in [3.8, 4) is 5.69 Å². The Kier molecular flexibility index (Phi) is 4.72. The van der Waals surface area contributed by atoms with Gasteiger partial charge in [-0.2, -0.15) is 5.10 Å². The third kappa shape index (κ3) is 3.72. The Morgan fingerprint density at radius 3 is 2.54 bits per heavy atom. The van der Waals surface area contributed by atoms with Gasteiger partial charge in [0.1, 0.15) is 10.6 Å². The van der Waals surface area contributed by atoms with Crippen LogP contribution in [-0.4, -0.2) is 29.4 Å². The monoisotopic (exact) mass is 372 g/mol. The summed E-state index contributed by atoms with van der Waals surface area (Å²) in [5, 5.41) is 18.6. The van der Waals surface area contributed by atoms with E-state index >= 15 is 0 Å². The molecule has 0 aliphatic carbocycles. The zero-order valence-corrected chi connectivity index (χ0v) is 14.7. The largest absolute Gasteiger partial charge is 0.375 e. The molecule has 0 aliphatic heterocycles. The number of hydrogen-bond acceptors (Lipinski definition) is 6. The number of anilines is 1. The van der Waals surface area contributed by atoms with E-state index in [1.165, 1.54) is 18.2 Å². The number of rotatable bonds is 6. The molecule has 0 atom stereocenters. The normalized spacial score (nSPS) is 11.3. The fourth-order valence-electron chi connectivity index (χ4n) is 2.52. The lowest BCUT2D eigenvalue weighted by Gasteiger charge is -2.08. The molecule has 9 heteroatoms. The Bertz CT molecular complexity index is 1050. The van der Waals surface area contributed by atoms with E-state index in [-0.39, 0.29) is 17.1 Å². The summed E-state index contributed by atoms with van der Waals surface area (Å²) in [6.45, 7) is 0.265. The number of hydrogen-bond donors (Lipinski definition) is 1. The number of aromatic nitrogens is 2. The van der Waals surface area contributed by atoms with Gasteiger partial charge in [0.05, 0.1) is 16.8 Å². The molecule has 26 heavy (non-hydrogen) atoms. The predicted octanol–water partition coefficient (Wildman–Crippen LogP) is 2.80. The SMILES string of the molecule is CS(=O)(=O)c1cccc(NCc2cnn(-c3ccccc3)c2)c1[N+](=O)[O-]. The summed E-state index contributed by atoms with van der Waals surface area (Å²) < 4.78 is 25.3. The van der Waals surface area contributed by atoms with Crippen LogP contribution in [0.4, 0.5) is 11.4 Å². The van der Waals surface area contributed by atoms with E-state index in [1.807, 2.05) is 30.3 Å². The fraction of sp³-hybridized carbons (Fsp3) is 0.118. The zero-order valence-electron chi connectivity index (χ0n) is 13.9. The van der Waals surface area contributed by atoms with Crippen LogP contribution >= 0.6 is 0 Å². The van der Waals surface area contributed by atoms with Crippen molar-refractivity contribution in [2.24, 2.45) is 0 Å². The second kappa shape index (κ2) is 6.96. The Balaban J connectivity index is 1.85. The Morgan fingerprint density at radius 2 is 1.88 bits per heavy atom. The zero-order chi connectivity index (χ0) is 18.7. The van der Waals surface area contributed by atoms with Gasteiger partial charge in [0, 0.05) is 24.6 Å². The maximum absolute atomic E-state index is 11.8. The van der Waals surface area contributed by atoms with Crippen LogP contribution in [0, 0.1) is 10.1 Å². The van der Waals surface area contributed by atoms with Gasteiger partial charge in [-0.05, 0) is 24.3 Å². The van der Waals surface area contributed by atoms with E-state index in [0.29, 0.717) is 0 Å². The summed E-state index contributed by atoms with van der Waals surface area (Å²) in [7, 11) is -3.71. The van der Waals surface area contributed by atoms with Gasteiger partial charge < -0.3 is 5.32 Å². The maximum atomic E-state index is 11.8. The van der Waals surface area contributed by atoms with Crippen molar-refractivity contribution >= 4 is 21.2 Å². The molecule has 3 rings (SSSR count). The first-order valence-electron chi connectivity index (χ1n) is 7.66. The van der Waals surface area contributed by atoms with Crippen molar-refractivity contribution in [3.63, 3.8) is 0 Å². The van der Waals surface area contributed by atoms with Crippen molar-refractivity contribution in [3.05, 3.63) is 76.6 Å². The molecule has 0 fully saturated rings. The van der Waals surface area contributed by atoms with Crippen molar-refractivity contribution in [2.45, 2.75) is 11.4 Å². The Labute approximate surface area is 150 Å². The molecule has 0 unspecified atom stereocenters. The molecule has 0 saturated heterocycles. The van der Waals surface area contributed by atoms with Crippen molar-refractivity contribution in [1.82, 2.24) is 9.78 Å². The highest BCUT2D eigenvalue weighted by molar-refractivity contribution is 7.90. The van der Waals surface area contributed by atoms with Crippen molar-refractivity contribution in [2.75, 3.05) is 11.6 Å². The van der Waals surface area contributed by atoms with Gasteiger partial charge in [-0.1, -0.05) is 24.3 Å². The van der Waals surface area contributed by atoms with Crippen LogP contribution in [0.2, 0.25) is 0 Å². The molecular formula is C17H16N4O4S. The molecule has 1 N–H and O–H groups in total. The average molecular weight is 372 g/mol. The summed E-state index contributed by atoms with van der Waals surface area (Å²) in [4.78, 5) is 10.4. The molecule has 0 saturated carbocycles. The van der Waals surface area contributed by atoms with Gasteiger partial charge >= 0.3 is 5.69 Å². The molecular weight excluding hydrogens is 356 g/mol. The molecule has 134 valence electrons. The molecule has 0 spiro atoms. The molecule has 2 aromatic carbocycles. The van der Waals surface area contributed by atoms with Crippen molar-refractivity contribution < 1.29 is 13.3 Å². The summed E-state index contributed by atoms with van der Waals surface area (Å²) in [6.07, 6.45) is 4.39. The van der Waals surface area contributed by atoms with Crippen LogP contribution in [0.25, 0.3) is 5.69 Å². The predicted molar refractivity (Wildman–Crippen MR) is 97.1 cm³/mol. The number of para-hydroxylation sites is 2. The molecule has 0 radical (unpaired) electrons. The molecule has 8 nitrogen and oxygen atoms in total. The van der Waals surface area contributed by atoms with Gasteiger partial charge in [-0.25, -0.2) is 13.1 Å². The Hall–Kier alpha value is -3.20. The number of nitro groups is 1. The lowest BCUT2D eigenvalue weighted by molar-refractivity contribution is -0.386. The third-order valence-corrected chi connectivity index (χ3v) is 4.85. The fourth-order valence-corrected chi connectivity index (χ4v) is 3.38. The van der Waals surface area contributed by atoms with E-state index in [9.17, 15) is 18.5 Å². The van der Waals surface area contributed by atoms with Crippen LogP contribution in [0.15, 0.2) is 65.8 Å². The summed E-state index contributed by atoms with van der Waals surface area (Å²) in [6, 6.07) is 13.7. The maximum Gasteiger partial charge on any atom is 0.310 e. The van der Waals surface area contributed by atoms with Crippen LogP contribution in [0.1, 0.15) is 5.56 Å². The average Bonchev–Trinajstić information content (AvgIpc) is 3.08. The first kappa shape index (κ1) is 17.6. The first-order chi connectivity index (χ1) is 12.4. The Morgan fingerprint density at radius 1 is 1.15 bits per heavy atom. The third-order valence-electron chi connectivity index (χ3n) is 3.72. The van der Waals surface area contributed by atoms with E-state index in [0.717, 1.165) is 17.5 Å². The van der Waals surface area contributed by atoms with Gasteiger partial charge in [-0.15, -0.1) is 0 Å². The minimum atomic E-state index is -3.71. The lowest BCUT2D eigenvalue weighted by atomic mass is 10.2. The van der Waals surface area contributed by atoms with Gasteiger partial charge in [0.2, 0.25) is 0 Å². The van der Waals surface area contributed by atoms with Gasteiger partial charge in [0.25, 0.3) is 0 Å². The molecule has 1 aromatic heterocycles. The first-order valence-corrected chi connectivity index (χ1v) is 9.56. The minimum absolute atomic E-state index is 0.144. The second-order valence-corrected chi connectivity index (χ2v) is 7.65. The summed E-state index contributed by atoms with van der Waals surface area (Å²) >= 11 is 0. The molecule has 1 heterocycles. The molecule has 0 bridgehead atoms. The van der Waals surface area contributed by atoms with E-state index < -0.39 is 20.4 Å². The number of nitrogens with one attached hydrogen (secondary N) is 1. The highest BCUT2D eigenvalue weighted by Crippen LogP contribution is 2.32. The molecule has 0 amide bonds. The highest BCUT2D eigenvalue weighted by Gasteiger charge is 2.25. The van der Waals surface area contributed by atoms with E-state index in [4.69, 9.17) is 0 Å². The highest BCUT2D eigenvalue weighted by atomic mass is 32.2. The van der Waals surface area contributed by atoms with E-state index in [1.54, 1.807) is 17.1 Å². The number of sulfone groups is 1. The quantitative estimate of drug-likeness (QED) is 0.527. The van der Waals surface area contributed by atoms with Gasteiger partial charge in [-0.3, -0.25) is 10.1 Å². The van der Waals surface area contributed by atoms with Crippen molar-refractivity contribution in [1.29, 1.82) is 0 Å². The van der Waals surface area contributed by atoms with Crippen LogP contribution in [0.3, 0.4) is 0 Å². The van der Waals surface area contributed by atoms with Crippen LogP contribution < -0.4 is 5.32 Å². The minimum Gasteiger partial charge on any atom is -0.375 e. The van der Waals surface area contributed by atoms with Crippen LogP contribution in [0.5, 0.6) is 0 Å². The number of nitro benzene ring substituents is 1. The van der Waals surface area contributed by atoms with Gasteiger partial charge in [0.15, 0.2) is 9.84 Å². The number of nitrogens with zero attached hydrogens (tertiary/aromatic N) is 3. The smallest absolute Gasteiger partial charge is 0.310 e. The molecule has 3 aromatic rings. The summed E-state index contributed by atoms with van der Waals surface area (Å²) in [5.74, 6) is 0. The second-order valence-electron chi connectivity index (χ2n) is 5.66. The molecule has 0 aliphatic rings. The standard InChI is InChI=1S/C17H16N4O4S/c1-26(24,25)16-9-5-8-15(17(16)21(22)23)18-10-13-11-19-20(12-13)14-6-3-2-4-7-14/h2-9,11-12,18H,10H2,1H3. The van der Waals surface area contributed by atoms with Crippen LogP contribution in [-0.2, 0) is 16.4 Å². The lowest BCUT2D eigenvalue weighted by Crippen LogP contribution is -2.07. The topological polar surface area (TPSA) is 107 Å².